The molecular formula is C29H36ClN3O2. The summed E-state index contributed by atoms with van der Waals surface area (Å²) in [6, 6.07) is 25.7. The fourth-order valence-electron chi connectivity index (χ4n) is 5.02. The zero-order chi connectivity index (χ0) is 24.1. The molecule has 35 heavy (non-hydrogen) atoms. The summed E-state index contributed by atoms with van der Waals surface area (Å²) in [6.07, 6.45) is 0.532. The number of nitrogens with zero attached hydrogens (tertiary/aromatic N) is 2. The number of halogens is 1. The summed E-state index contributed by atoms with van der Waals surface area (Å²) in [5.74, 6) is 0.658. The molecule has 186 valence electrons. The molecule has 4 rings (SSSR count). The lowest BCUT2D eigenvalue weighted by atomic mass is 9.88. The van der Waals surface area contributed by atoms with Crippen LogP contribution in [0.5, 0.6) is 0 Å². The van der Waals surface area contributed by atoms with E-state index in [1.807, 2.05) is 11.0 Å². The quantitative estimate of drug-likeness (QED) is 0.479. The highest BCUT2D eigenvalue weighted by molar-refractivity contribution is 5.86. The fraction of sp³-hybridized carbons (Fsp3) is 0.379. The number of nitrogens with one attached hydrogen (secondary N) is 1. The van der Waals surface area contributed by atoms with E-state index < -0.39 is 0 Å². The van der Waals surface area contributed by atoms with Gasteiger partial charge in [-0.25, -0.2) is 0 Å². The SMILES string of the molecule is C[C@@H](NC[C@@H]1CN(C(=O)CCC(=O)N(C)C)C[C@@H]1c1ccccc1)c1cccc2ccccc12.Cl. The first kappa shape index (κ1) is 26.7. The van der Waals surface area contributed by atoms with E-state index in [4.69, 9.17) is 0 Å². The van der Waals surface area contributed by atoms with E-state index in [2.05, 4.69) is 79.0 Å². The van der Waals surface area contributed by atoms with Crippen LogP contribution in [0.1, 0.15) is 42.9 Å². The van der Waals surface area contributed by atoms with E-state index >= 15 is 0 Å². The summed E-state index contributed by atoms with van der Waals surface area (Å²) in [6.45, 7) is 4.45. The van der Waals surface area contributed by atoms with Crippen LogP contribution >= 0.6 is 12.4 Å². The van der Waals surface area contributed by atoms with E-state index in [1.54, 1.807) is 19.0 Å². The largest absolute Gasteiger partial charge is 0.349 e. The molecule has 0 bridgehead atoms. The Kier molecular flexibility index (Phi) is 9.30. The number of rotatable bonds is 8. The molecule has 0 unspecified atom stereocenters. The smallest absolute Gasteiger partial charge is 0.223 e. The first-order valence-electron chi connectivity index (χ1n) is 12.2. The lowest BCUT2D eigenvalue weighted by molar-refractivity contribution is -0.135. The average molecular weight is 494 g/mol. The summed E-state index contributed by atoms with van der Waals surface area (Å²) >= 11 is 0. The first-order chi connectivity index (χ1) is 16.4. The summed E-state index contributed by atoms with van der Waals surface area (Å²) in [5.41, 5.74) is 2.56. The monoisotopic (exact) mass is 493 g/mol. The zero-order valence-corrected chi connectivity index (χ0v) is 21.6. The molecule has 3 atom stereocenters. The Labute approximate surface area is 214 Å². The first-order valence-corrected chi connectivity index (χ1v) is 12.2. The highest BCUT2D eigenvalue weighted by Gasteiger charge is 2.36. The Morgan fingerprint density at radius 1 is 0.943 bits per heavy atom. The second-order valence-corrected chi connectivity index (χ2v) is 9.56. The van der Waals surface area contributed by atoms with Crippen LogP contribution in [-0.2, 0) is 9.59 Å². The van der Waals surface area contributed by atoms with E-state index in [-0.39, 0.29) is 49.0 Å². The van der Waals surface area contributed by atoms with Gasteiger partial charge in [0.25, 0.3) is 0 Å². The molecule has 0 aliphatic carbocycles. The van der Waals surface area contributed by atoms with Crippen molar-refractivity contribution in [3.05, 3.63) is 83.9 Å². The van der Waals surface area contributed by atoms with Crippen molar-refractivity contribution in [3.8, 4) is 0 Å². The molecule has 1 fully saturated rings. The van der Waals surface area contributed by atoms with E-state index in [0.717, 1.165) is 6.54 Å². The van der Waals surface area contributed by atoms with Crippen LogP contribution in [-0.4, -0.2) is 55.3 Å². The number of carbonyl (C=O) groups excluding carboxylic acids is 2. The van der Waals surface area contributed by atoms with Gasteiger partial charge in [-0.3, -0.25) is 9.59 Å². The van der Waals surface area contributed by atoms with E-state index in [1.165, 1.54) is 21.9 Å². The molecular weight excluding hydrogens is 458 g/mol. The predicted molar refractivity (Wildman–Crippen MR) is 145 cm³/mol. The van der Waals surface area contributed by atoms with Gasteiger partial charge in [-0.15, -0.1) is 12.4 Å². The minimum absolute atomic E-state index is 0. The molecule has 6 heteroatoms. The molecule has 0 spiro atoms. The van der Waals surface area contributed by atoms with Crippen LogP contribution in [0.4, 0.5) is 0 Å². The van der Waals surface area contributed by atoms with Gasteiger partial charge < -0.3 is 15.1 Å². The van der Waals surface area contributed by atoms with Crippen molar-refractivity contribution < 1.29 is 9.59 Å². The van der Waals surface area contributed by atoms with E-state index in [0.29, 0.717) is 19.0 Å². The van der Waals surface area contributed by atoms with Crippen LogP contribution in [0.3, 0.4) is 0 Å². The van der Waals surface area contributed by atoms with Gasteiger partial charge in [0, 0.05) is 58.5 Å². The molecule has 1 N–H and O–H groups in total. The van der Waals surface area contributed by atoms with Crippen molar-refractivity contribution in [2.75, 3.05) is 33.7 Å². The number of hydrogen-bond acceptors (Lipinski definition) is 3. The molecule has 0 aromatic heterocycles. The maximum atomic E-state index is 12.9. The van der Waals surface area contributed by atoms with Crippen LogP contribution in [0.2, 0.25) is 0 Å². The van der Waals surface area contributed by atoms with Crippen LogP contribution in [0, 0.1) is 5.92 Å². The molecule has 5 nitrogen and oxygen atoms in total. The summed E-state index contributed by atoms with van der Waals surface area (Å²) in [7, 11) is 3.46. The Hall–Kier alpha value is -2.89. The van der Waals surface area contributed by atoms with Crippen LogP contribution in [0.15, 0.2) is 72.8 Å². The van der Waals surface area contributed by atoms with Gasteiger partial charge in [0.05, 0.1) is 0 Å². The van der Waals surface area contributed by atoms with Crippen molar-refractivity contribution in [3.63, 3.8) is 0 Å². The Morgan fingerprint density at radius 2 is 1.63 bits per heavy atom. The summed E-state index contributed by atoms with van der Waals surface area (Å²) in [5, 5.41) is 6.29. The predicted octanol–water partition coefficient (Wildman–Crippen LogP) is 5.02. The molecule has 1 aliphatic rings. The molecule has 1 aliphatic heterocycles. The third kappa shape index (κ3) is 6.41. The lowest BCUT2D eigenvalue weighted by Gasteiger charge is -2.23. The van der Waals surface area contributed by atoms with Gasteiger partial charge in [0.15, 0.2) is 0 Å². The van der Waals surface area contributed by atoms with Crippen molar-refractivity contribution >= 4 is 35.0 Å². The third-order valence-corrected chi connectivity index (χ3v) is 7.05. The normalized spacial score (nSPS) is 18.2. The van der Waals surface area contributed by atoms with Crippen molar-refractivity contribution in [2.45, 2.75) is 31.7 Å². The van der Waals surface area contributed by atoms with Crippen LogP contribution < -0.4 is 5.32 Å². The number of fused-ring (bicyclic) bond motifs is 1. The van der Waals surface area contributed by atoms with Crippen molar-refractivity contribution in [1.29, 1.82) is 0 Å². The van der Waals surface area contributed by atoms with Gasteiger partial charge in [-0.1, -0.05) is 72.8 Å². The maximum absolute atomic E-state index is 12.9. The molecule has 0 saturated carbocycles. The van der Waals surface area contributed by atoms with Gasteiger partial charge in [-0.05, 0) is 34.7 Å². The van der Waals surface area contributed by atoms with E-state index in [9.17, 15) is 9.59 Å². The Bertz CT molecular complexity index is 1130. The standard InChI is InChI=1S/C29H35N3O2.ClH/c1-21(25-15-9-13-22-12-7-8-14-26(22)25)30-18-24-19-32(29(34)17-16-28(33)31(2)3)20-27(24)23-10-5-4-6-11-23;/h4-15,21,24,27,30H,16-20H2,1-3H3;1H/t21-,24-,27-;/m1./s1. The van der Waals surface area contributed by atoms with Crippen molar-refractivity contribution in [1.82, 2.24) is 15.1 Å². The average Bonchev–Trinajstić information content (AvgIpc) is 3.30. The highest BCUT2D eigenvalue weighted by Crippen LogP contribution is 2.33. The molecule has 1 heterocycles. The maximum Gasteiger partial charge on any atom is 0.223 e. The van der Waals surface area contributed by atoms with Crippen LogP contribution in [0.25, 0.3) is 10.8 Å². The second kappa shape index (κ2) is 12.2. The van der Waals surface area contributed by atoms with Gasteiger partial charge in [0.1, 0.15) is 0 Å². The summed E-state index contributed by atoms with van der Waals surface area (Å²) in [4.78, 5) is 28.4. The molecule has 2 amide bonds. The lowest BCUT2D eigenvalue weighted by Crippen LogP contribution is -2.32. The van der Waals surface area contributed by atoms with Crippen molar-refractivity contribution in [2.24, 2.45) is 5.92 Å². The third-order valence-electron chi connectivity index (χ3n) is 7.05. The minimum Gasteiger partial charge on any atom is -0.349 e. The Balaban J connectivity index is 0.00000342. The molecule has 3 aromatic carbocycles. The molecule has 1 saturated heterocycles. The Morgan fingerprint density at radius 3 is 2.37 bits per heavy atom. The zero-order valence-electron chi connectivity index (χ0n) is 20.8. The number of amides is 2. The van der Waals surface area contributed by atoms with Gasteiger partial charge in [-0.2, -0.15) is 0 Å². The fourth-order valence-corrected chi connectivity index (χ4v) is 5.02. The number of benzene rings is 3. The van der Waals surface area contributed by atoms with Gasteiger partial charge in [0.2, 0.25) is 11.8 Å². The number of carbonyl (C=O) groups is 2. The molecule has 3 aromatic rings. The van der Waals surface area contributed by atoms with Gasteiger partial charge >= 0.3 is 0 Å². The summed E-state index contributed by atoms with van der Waals surface area (Å²) < 4.78 is 0. The number of likely N-dealkylation sites (tertiary alicyclic amines) is 1. The molecule has 0 radical (unpaired) electrons. The minimum atomic E-state index is -0.00529. The number of hydrogen-bond donors (Lipinski definition) is 1. The topological polar surface area (TPSA) is 52.7 Å². The second-order valence-electron chi connectivity index (χ2n) is 9.56. The highest BCUT2D eigenvalue weighted by atomic mass is 35.5.